The van der Waals surface area contributed by atoms with Gasteiger partial charge in [0.05, 0.1) is 0 Å². The SMILES string of the molecule is Cc1cc(C)c(-c2c(O)cc(CC(C)C)oc2=O)c(C)c1. The molecule has 0 saturated carbocycles. The van der Waals surface area contributed by atoms with Gasteiger partial charge in [0, 0.05) is 12.5 Å². The summed E-state index contributed by atoms with van der Waals surface area (Å²) >= 11 is 0. The highest BCUT2D eigenvalue weighted by molar-refractivity contribution is 5.75. The topological polar surface area (TPSA) is 50.4 Å². The molecule has 0 spiro atoms. The van der Waals surface area contributed by atoms with Gasteiger partial charge in [0.2, 0.25) is 0 Å². The fourth-order valence-electron chi connectivity index (χ4n) is 2.84. The maximum Gasteiger partial charge on any atom is 0.347 e. The normalized spacial score (nSPS) is 11.1. The van der Waals surface area contributed by atoms with Gasteiger partial charge in [-0.2, -0.15) is 0 Å². The zero-order chi connectivity index (χ0) is 15.7. The van der Waals surface area contributed by atoms with Crippen LogP contribution >= 0.6 is 0 Å². The van der Waals surface area contributed by atoms with Gasteiger partial charge in [-0.1, -0.05) is 31.5 Å². The van der Waals surface area contributed by atoms with E-state index in [0.29, 0.717) is 18.1 Å². The molecule has 0 aliphatic heterocycles. The molecule has 1 aromatic carbocycles. The maximum atomic E-state index is 12.3. The van der Waals surface area contributed by atoms with Gasteiger partial charge in [0.15, 0.2) is 0 Å². The maximum absolute atomic E-state index is 12.3. The van der Waals surface area contributed by atoms with E-state index in [9.17, 15) is 9.90 Å². The van der Waals surface area contributed by atoms with E-state index in [1.54, 1.807) is 6.07 Å². The Morgan fingerprint density at radius 1 is 1.05 bits per heavy atom. The number of hydrogen-bond acceptors (Lipinski definition) is 3. The molecule has 0 fully saturated rings. The van der Waals surface area contributed by atoms with Crippen LogP contribution in [0.5, 0.6) is 5.75 Å². The molecule has 0 atom stereocenters. The van der Waals surface area contributed by atoms with E-state index in [1.165, 1.54) is 0 Å². The molecule has 0 saturated heterocycles. The Morgan fingerprint density at radius 3 is 2.10 bits per heavy atom. The van der Waals surface area contributed by atoms with Crippen LogP contribution in [0.15, 0.2) is 27.4 Å². The van der Waals surface area contributed by atoms with Gasteiger partial charge in [-0.05, 0) is 43.4 Å². The predicted molar refractivity (Wildman–Crippen MR) is 84.8 cm³/mol. The van der Waals surface area contributed by atoms with Crippen LogP contribution in [0, 0.1) is 26.7 Å². The summed E-state index contributed by atoms with van der Waals surface area (Å²) in [5.41, 5.74) is 3.62. The van der Waals surface area contributed by atoms with E-state index in [-0.39, 0.29) is 11.3 Å². The lowest BCUT2D eigenvalue weighted by atomic mass is 9.94. The largest absolute Gasteiger partial charge is 0.507 e. The molecule has 2 rings (SSSR count). The van der Waals surface area contributed by atoms with Crippen molar-refractivity contribution >= 4 is 0 Å². The summed E-state index contributed by atoms with van der Waals surface area (Å²) in [7, 11) is 0. The Labute approximate surface area is 125 Å². The molecular formula is C18H22O3. The van der Waals surface area contributed by atoms with Crippen LogP contribution in [-0.2, 0) is 6.42 Å². The van der Waals surface area contributed by atoms with Gasteiger partial charge in [-0.15, -0.1) is 0 Å². The van der Waals surface area contributed by atoms with E-state index in [4.69, 9.17) is 4.42 Å². The molecule has 0 amide bonds. The van der Waals surface area contributed by atoms with Gasteiger partial charge in [0.1, 0.15) is 17.1 Å². The molecule has 3 nitrogen and oxygen atoms in total. The molecule has 1 heterocycles. The van der Waals surface area contributed by atoms with Crippen LogP contribution in [0.3, 0.4) is 0 Å². The Bertz CT molecular complexity index is 701. The molecular weight excluding hydrogens is 264 g/mol. The van der Waals surface area contributed by atoms with E-state index < -0.39 is 5.63 Å². The third-order valence-corrected chi connectivity index (χ3v) is 3.52. The fraction of sp³-hybridized carbons (Fsp3) is 0.389. The molecule has 112 valence electrons. The summed E-state index contributed by atoms with van der Waals surface area (Å²) in [5.74, 6) is 0.886. The minimum absolute atomic E-state index is 0.00282. The van der Waals surface area contributed by atoms with Gasteiger partial charge >= 0.3 is 5.63 Å². The first-order valence-electron chi connectivity index (χ1n) is 7.23. The van der Waals surface area contributed by atoms with Crippen LogP contribution < -0.4 is 5.63 Å². The molecule has 1 N–H and O–H groups in total. The minimum Gasteiger partial charge on any atom is -0.507 e. The smallest absolute Gasteiger partial charge is 0.347 e. The quantitative estimate of drug-likeness (QED) is 0.922. The van der Waals surface area contributed by atoms with Crippen molar-refractivity contribution in [1.29, 1.82) is 0 Å². The van der Waals surface area contributed by atoms with Gasteiger partial charge < -0.3 is 9.52 Å². The average molecular weight is 286 g/mol. The lowest BCUT2D eigenvalue weighted by Crippen LogP contribution is -2.08. The highest BCUT2D eigenvalue weighted by atomic mass is 16.4. The first-order valence-corrected chi connectivity index (χ1v) is 7.23. The van der Waals surface area contributed by atoms with Crippen molar-refractivity contribution < 1.29 is 9.52 Å². The molecule has 21 heavy (non-hydrogen) atoms. The Balaban J connectivity index is 2.64. The molecule has 2 aromatic rings. The highest BCUT2D eigenvalue weighted by Crippen LogP contribution is 2.32. The predicted octanol–water partition coefficient (Wildman–Crippen LogP) is 4.14. The van der Waals surface area contributed by atoms with Crippen molar-refractivity contribution in [3.05, 3.63) is 51.1 Å². The van der Waals surface area contributed by atoms with Crippen LogP contribution in [0.25, 0.3) is 11.1 Å². The van der Waals surface area contributed by atoms with Crippen molar-refractivity contribution in [3.8, 4) is 16.9 Å². The zero-order valence-corrected chi connectivity index (χ0v) is 13.3. The fourth-order valence-corrected chi connectivity index (χ4v) is 2.84. The number of hydrogen-bond donors (Lipinski definition) is 1. The van der Waals surface area contributed by atoms with Crippen LogP contribution in [0.1, 0.15) is 36.3 Å². The second kappa shape index (κ2) is 5.76. The summed E-state index contributed by atoms with van der Waals surface area (Å²) in [6.07, 6.45) is 0.634. The highest BCUT2D eigenvalue weighted by Gasteiger charge is 2.18. The summed E-state index contributed by atoms with van der Waals surface area (Å²) in [6, 6.07) is 5.57. The summed E-state index contributed by atoms with van der Waals surface area (Å²) in [4.78, 5) is 12.3. The van der Waals surface area contributed by atoms with Gasteiger partial charge in [-0.25, -0.2) is 4.79 Å². The summed E-state index contributed by atoms with van der Waals surface area (Å²) in [5, 5.41) is 10.3. The van der Waals surface area contributed by atoms with E-state index in [1.807, 2.05) is 46.8 Å². The number of benzene rings is 1. The van der Waals surface area contributed by atoms with Crippen molar-refractivity contribution in [2.45, 2.75) is 41.0 Å². The first kappa shape index (κ1) is 15.4. The van der Waals surface area contributed by atoms with E-state index in [2.05, 4.69) is 0 Å². The molecule has 0 radical (unpaired) electrons. The van der Waals surface area contributed by atoms with Crippen LogP contribution in [0.2, 0.25) is 0 Å². The molecule has 0 aliphatic carbocycles. The molecule has 0 unspecified atom stereocenters. The lowest BCUT2D eigenvalue weighted by Gasteiger charge is -2.13. The Hall–Kier alpha value is -2.03. The summed E-state index contributed by atoms with van der Waals surface area (Å²) < 4.78 is 5.38. The van der Waals surface area contributed by atoms with Crippen LogP contribution in [-0.4, -0.2) is 5.11 Å². The van der Waals surface area contributed by atoms with E-state index >= 15 is 0 Å². The molecule has 0 bridgehead atoms. The first-order chi connectivity index (χ1) is 9.79. The van der Waals surface area contributed by atoms with Crippen molar-refractivity contribution in [1.82, 2.24) is 0 Å². The van der Waals surface area contributed by atoms with Crippen molar-refractivity contribution in [2.75, 3.05) is 0 Å². The average Bonchev–Trinajstić information content (AvgIpc) is 2.30. The molecule has 0 aliphatic rings. The molecule has 3 heteroatoms. The monoisotopic (exact) mass is 286 g/mol. The van der Waals surface area contributed by atoms with Crippen molar-refractivity contribution in [2.24, 2.45) is 5.92 Å². The van der Waals surface area contributed by atoms with Crippen molar-refractivity contribution in [3.63, 3.8) is 0 Å². The minimum atomic E-state index is -0.472. The summed E-state index contributed by atoms with van der Waals surface area (Å²) in [6.45, 7) is 9.97. The lowest BCUT2D eigenvalue weighted by molar-refractivity contribution is 0.411. The second-order valence-corrected chi connectivity index (χ2v) is 6.13. The van der Waals surface area contributed by atoms with Gasteiger partial charge in [-0.3, -0.25) is 0 Å². The number of rotatable bonds is 3. The third kappa shape index (κ3) is 3.18. The van der Waals surface area contributed by atoms with Crippen LogP contribution in [0.4, 0.5) is 0 Å². The van der Waals surface area contributed by atoms with E-state index in [0.717, 1.165) is 22.3 Å². The standard InChI is InChI=1S/C18H22O3/c1-10(2)6-14-9-15(19)17(18(20)21-14)16-12(4)7-11(3)8-13(16)5/h7-10,19H,6H2,1-5H3. The zero-order valence-electron chi connectivity index (χ0n) is 13.3. The second-order valence-electron chi connectivity index (χ2n) is 6.13. The Kier molecular flexibility index (Phi) is 4.21. The number of aryl methyl sites for hydroxylation is 3. The number of aromatic hydroxyl groups is 1. The van der Waals surface area contributed by atoms with Gasteiger partial charge in [0.25, 0.3) is 0 Å². The third-order valence-electron chi connectivity index (χ3n) is 3.52. The molecule has 1 aromatic heterocycles. The Morgan fingerprint density at radius 2 is 1.62 bits per heavy atom.